The van der Waals surface area contributed by atoms with Gasteiger partial charge in [-0.3, -0.25) is 18.8 Å². The molecule has 0 aliphatic rings. The molecule has 2 heterocycles. The Kier molecular flexibility index (Phi) is 5.77. The van der Waals surface area contributed by atoms with E-state index in [9.17, 15) is 18.0 Å². The maximum Gasteiger partial charge on any atom is 0.264 e. The topological polar surface area (TPSA) is 119 Å². The monoisotopic (exact) mass is 432 g/mol. The van der Waals surface area contributed by atoms with E-state index in [1.807, 2.05) is 6.92 Å². The summed E-state index contributed by atoms with van der Waals surface area (Å²) in [6.45, 7) is 3.73. The lowest BCUT2D eigenvalue weighted by molar-refractivity contribution is -0.116. The number of aromatic nitrogens is 4. The summed E-state index contributed by atoms with van der Waals surface area (Å²) in [5.41, 5.74) is 2.15. The number of sulfonamides is 1. The number of hydrogen-bond donors (Lipinski definition) is 1. The van der Waals surface area contributed by atoms with Crippen LogP contribution in [-0.4, -0.2) is 52.1 Å². The SMILES string of the molecule is Cc1cc(S(=O)(=O)N(C)C)cc(NC(=O)CCn2cnc3c(cnn3C)c2=O)c1C. The number of nitrogens with zero attached hydrogens (tertiary/aromatic N) is 5. The molecule has 3 aromatic rings. The first-order chi connectivity index (χ1) is 14.0. The van der Waals surface area contributed by atoms with Gasteiger partial charge in [-0.05, 0) is 37.1 Å². The van der Waals surface area contributed by atoms with Gasteiger partial charge in [0.1, 0.15) is 5.39 Å². The van der Waals surface area contributed by atoms with Crippen molar-refractivity contribution in [1.29, 1.82) is 0 Å². The molecule has 1 N–H and O–H groups in total. The van der Waals surface area contributed by atoms with Crippen molar-refractivity contribution in [2.45, 2.75) is 31.7 Å². The number of nitrogens with one attached hydrogen (secondary N) is 1. The summed E-state index contributed by atoms with van der Waals surface area (Å²) in [6, 6.07) is 3.03. The lowest BCUT2D eigenvalue weighted by atomic mass is 10.1. The van der Waals surface area contributed by atoms with Crippen molar-refractivity contribution in [2.75, 3.05) is 19.4 Å². The molecule has 160 valence electrons. The minimum Gasteiger partial charge on any atom is -0.326 e. The van der Waals surface area contributed by atoms with Gasteiger partial charge in [-0.25, -0.2) is 17.7 Å². The van der Waals surface area contributed by atoms with E-state index in [4.69, 9.17) is 0 Å². The largest absolute Gasteiger partial charge is 0.326 e. The third-order valence-corrected chi connectivity index (χ3v) is 6.78. The summed E-state index contributed by atoms with van der Waals surface area (Å²) in [5, 5.41) is 7.16. The number of benzene rings is 1. The van der Waals surface area contributed by atoms with Gasteiger partial charge in [0.05, 0.1) is 17.4 Å². The highest BCUT2D eigenvalue weighted by atomic mass is 32.2. The fourth-order valence-electron chi connectivity index (χ4n) is 2.98. The number of anilines is 1. The molecule has 1 aromatic carbocycles. The van der Waals surface area contributed by atoms with E-state index in [0.717, 1.165) is 15.4 Å². The van der Waals surface area contributed by atoms with Gasteiger partial charge in [-0.15, -0.1) is 0 Å². The fraction of sp³-hybridized carbons (Fsp3) is 0.368. The molecule has 0 fully saturated rings. The fourth-order valence-corrected chi connectivity index (χ4v) is 3.99. The minimum atomic E-state index is -3.63. The predicted octanol–water partition coefficient (Wildman–Crippen LogP) is 1.03. The van der Waals surface area contributed by atoms with E-state index < -0.39 is 10.0 Å². The third kappa shape index (κ3) is 3.98. The van der Waals surface area contributed by atoms with Crippen LogP contribution in [0.2, 0.25) is 0 Å². The molecule has 30 heavy (non-hydrogen) atoms. The number of carbonyl (C=O) groups is 1. The molecule has 0 aliphatic heterocycles. The van der Waals surface area contributed by atoms with Crippen molar-refractivity contribution in [3.8, 4) is 0 Å². The summed E-state index contributed by atoms with van der Waals surface area (Å²) in [4.78, 5) is 29.3. The second kappa shape index (κ2) is 8.00. The number of hydrogen-bond acceptors (Lipinski definition) is 6. The number of rotatable bonds is 6. The zero-order valence-electron chi connectivity index (χ0n) is 17.5. The molecule has 0 bridgehead atoms. The van der Waals surface area contributed by atoms with E-state index in [-0.39, 0.29) is 29.3 Å². The lowest BCUT2D eigenvalue weighted by Crippen LogP contribution is -2.24. The molecule has 1 amide bonds. The zero-order valence-corrected chi connectivity index (χ0v) is 18.3. The van der Waals surface area contributed by atoms with Gasteiger partial charge in [-0.1, -0.05) is 0 Å². The van der Waals surface area contributed by atoms with Gasteiger partial charge in [0.2, 0.25) is 15.9 Å². The van der Waals surface area contributed by atoms with Crippen LogP contribution in [0.5, 0.6) is 0 Å². The first kappa shape index (κ1) is 21.7. The molecule has 0 unspecified atom stereocenters. The number of amides is 1. The highest BCUT2D eigenvalue weighted by Crippen LogP contribution is 2.25. The van der Waals surface area contributed by atoms with Crippen LogP contribution >= 0.6 is 0 Å². The molecule has 10 nitrogen and oxygen atoms in total. The predicted molar refractivity (Wildman–Crippen MR) is 113 cm³/mol. The molecule has 3 rings (SSSR count). The summed E-state index contributed by atoms with van der Waals surface area (Å²) in [5.74, 6) is -0.338. The third-order valence-electron chi connectivity index (χ3n) is 4.99. The average Bonchev–Trinajstić information content (AvgIpc) is 3.06. The van der Waals surface area contributed by atoms with Crippen LogP contribution in [0.15, 0.2) is 34.3 Å². The van der Waals surface area contributed by atoms with Crippen LogP contribution in [0.3, 0.4) is 0 Å². The van der Waals surface area contributed by atoms with Crippen LogP contribution < -0.4 is 10.9 Å². The van der Waals surface area contributed by atoms with E-state index in [1.54, 1.807) is 20.0 Å². The van der Waals surface area contributed by atoms with Crippen LogP contribution in [0.1, 0.15) is 17.5 Å². The van der Waals surface area contributed by atoms with Gasteiger partial charge in [-0.2, -0.15) is 5.10 Å². The standard InChI is InChI=1S/C19H24N6O4S/c1-12-8-14(30(28,29)23(3)4)9-16(13(12)2)22-17(26)6-7-25-11-20-18-15(19(25)27)10-21-24(18)5/h8-11H,6-7H2,1-5H3,(H,22,26). The van der Waals surface area contributed by atoms with Gasteiger partial charge in [0.15, 0.2) is 5.65 Å². The second-order valence-electron chi connectivity index (χ2n) is 7.25. The second-order valence-corrected chi connectivity index (χ2v) is 9.40. The van der Waals surface area contributed by atoms with Gasteiger partial charge < -0.3 is 5.32 Å². The van der Waals surface area contributed by atoms with Crippen molar-refractivity contribution in [3.05, 3.63) is 46.1 Å². The molecule has 0 aliphatic carbocycles. The summed E-state index contributed by atoms with van der Waals surface area (Å²) in [6.07, 6.45) is 2.86. The Balaban J connectivity index is 1.79. The first-order valence-corrected chi connectivity index (χ1v) is 10.7. The summed E-state index contributed by atoms with van der Waals surface area (Å²) >= 11 is 0. The van der Waals surface area contributed by atoms with Gasteiger partial charge in [0.25, 0.3) is 5.56 Å². The Morgan fingerprint density at radius 1 is 1.23 bits per heavy atom. The highest BCUT2D eigenvalue weighted by Gasteiger charge is 2.20. The van der Waals surface area contributed by atoms with Crippen LogP contribution in [0, 0.1) is 13.8 Å². The Hall–Kier alpha value is -3.05. The molecule has 0 saturated carbocycles. The molecule has 11 heteroatoms. The van der Waals surface area contributed by atoms with Crippen molar-refractivity contribution in [2.24, 2.45) is 7.05 Å². The minimum absolute atomic E-state index is 0.0243. The van der Waals surface area contributed by atoms with Crippen molar-refractivity contribution in [1.82, 2.24) is 23.6 Å². The molecular weight excluding hydrogens is 408 g/mol. The molecule has 2 aromatic heterocycles. The Morgan fingerprint density at radius 2 is 1.93 bits per heavy atom. The highest BCUT2D eigenvalue weighted by molar-refractivity contribution is 7.89. The van der Waals surface area contributed by atoms with E-state index in [2.05, 4.69) is 15.4 Å². The molecule has 0 radical (unpaired) electrons. The summed E-state index contributed by atoms with van der Waals surface area (Å²) in [7, 11) is 0.966. The van der Waals surface area contributed by atoms with Crippen molar-refractivity contribution in [3.63, 3.8) is 0 Å². The van der Waals surface area contributed by atoms with E-state index >= 15 is 0 Å². The van der Waals surface area contributed by atoms with E-state index in [0.29, 0.717) is 16.7 Å². The first-order valence-electron chi connectivity index (χ1n) is 9.23. The molecular formula is C19H24N6O4S. The van der Waals surface area contributed by atoms with Crippen LogP contribution in [0.4, 0.5) is 5.69 Å². The van der Waals surface area contributed by atoms with Crippen molar-refractivity contribution >= 4 is 32.7 Å². The Morgan fingerprint density at radius 3 is 2.60 bits per heavy atom. The number of carbonyl (C=O) groups excluding carboxylic acids is 1. The van der Waals surface area contributed by atoms with Crippen LogP contribution in [-0.2, 0) is 28.4 Å². The molecule has 0 atom stereocenters. The normalized spacial score (nSPS) is 11.9. The number of fused-ring (bicyclic) bond motifs is 1. The van der Waals surface area contributed by atoms with Crippen LogP contribution in [0.25, 0.3) is 11.0 Å². The van der Waals surface area contributed by atoms with E-state index in [1.165, 1.54) is 41.9 Å². The van der Waals surface area contributed by atoms with Gasteiger partial charge in [0, 0.05) is 39.8 Å². The Labute approximate surface area is 174 Å². The number of aryl methyl sites for hydroxylation is 3. The molecule has 0 spiro atoms. The zero-order chi connectivity index (χ0) is 22.2. The van der Waals surface area contributed by atoms with Gasteiger partial charge >= 0.3 is 0 Å². The summed E-state index contributed by atoms with van der Waals surface area (Å²) < 4.78 is 28.9. The molecule has 0 saturated heterocycles. The Bertz CT molecular complexity index is 1290. The average molecular weight is 433 g/mol. The van der Waals surface area contributed by atoms with Crippen molar-refractivity contribution < 1.29 is 13.2 Å². The maximum atomic E-state index is 12.5. The lowest BCUT2D eigenvalue weighted by Gasteiger charge is -2.16. The quantitative estimate of drug-likeness (QED) is 0.621. The maximum absolute atomic E-state index is 12.5. The smallest absolute Gasteiger partial charge is 0.264 e.